The molecule has 0 aromatic heterocycles. The number of nitrogens with zero attached hydrogens (tertiary/aromatic N) is 1. The maximum absolute atomic E-state index is 9.88. The third kappa shape index (κ3) is 17.1. The molecule has 0 aliphatic heterocycles. The second kappa shape index (κ2) is 24.4. The van der Waals surface area contributed by atoms with Crippen molar-refractivity contribution in [1.82, 2.24) is 0 Å². The van der Waals surface area contributed by atoms with E-state index in [-0.39, 0.29) is 31.1 Å². The number of benzene rings is 2. The fourth-order valence-corrected chi connectivity index (χ4v) is 5.53. The summed E-state index contributed by atoms with van der Waals surface area (Å²) in [7, 11) is 0. The Bertz CT molecular complexity index is 1330. The summed E-state index contributed by atoms with van der Waals surface area (Å²) in [5.74, 6) is -4.02. The minimum atomic E-state index is -1.12. The van der Waals surface area contributed by atoms with Crippen LogP contribution in [0.3, 0.4) is 0 Å². The van der Waals surface area contributed by atoms with E-state index in [0.717, 1.165) is 39.0 Å². The average Bonchev–Trinajstić information content (AvgIpc) is 3.08. The monoisotopic (exact) mass is 693 g/mol. The van der Waals surface area contributed by atoms with E-state index < -0.39 is 23.9 Å². The number of rotatable bonds is 19. The van der Waals surface area contributed by atoms with E-state index in [1.54, 1.807) is 0 Å². The number of hydrogen-bond acceptors (Lipinski definition) is 7. The Morgan fingerprint density at radius 3 is 1.46 bits per heavy atom. The predicted octanol–water partition coefficient (Wildman–Crippen LogP) is 2.47. The molecule has 0 radical (unpaired) electrons. The van der Waals surface area contributed by atoms with E-state index in [1.807, 2.05) is 0 Å². The van der Waals surface area contributed by atoms with E-state index in [9.17, 15) is 29.4 Å². The molecule has 11 heteroatoms. The molecule has 2 aromatic carbocycles. The van der Waals surface area contributed by atoms with Gasteiger partial charge in [0.2, 0.25) is 0 Å². The molecule has 2 aromatic rings. The summed E-state index contributed by atoms with van der Waals surface area (Å²) in [6.45, 7) is 8.33. The number of quaternary nitrogens is 2. The Kier molecular flexibility index (Phi) is 21.1. The van der Waals surface area contributed by atoms with Gasteiger partial charge in [0.25, 0.3) is 0 Å². The van der Waals surface area contributed by atoms with Gasteiger partial charge in [0.15, 0.2) is 0 Å². The number of unbranched alkanes of at least 4 members (excludes halogenated alkanes) is 2. The normalized spacial score (nSPS) is 12.5. The van der Waals surface area contributed by atoms with Crippen molar-refractivity contribution in [2.24, 2.45) is 5.41 Å². The quantitative estimate of drug-likeness (QED) is 0.159. The number of anilines is 1. The summed E-state index contributed by atoms with van der Waals surface area (Å²) >= 11 is 0. The highest BCUT2D eigenvalue weighted by Crippen LogP contribution is 2.37. The molecule has 0 saturated carbocycles. The molecule has 0 fully saturated rings. The molecule has 0 saturated heterocycles. The number of carbonyl (C=O) groups excluding carboxylic acids is 2. The van der Waals surface area contributed by atoms with Gasteiger partial charge >= 0.3 is 11.9 Å². The van der Waals surface area contributed by atoms with Crippen LogP contribution in [0.15, 0.2) is 84.5 Å². The molecule has 11 nitrogen and oxygen atoms in total. The summed E-state index contributed by atoms with van der Waals surface area (Å²) in [5, 5.41) is 35.8. The zero-order valence-corrected chi connectivity index (χ0v) is 29.6. The molecule has 50 heavy (non-hydrogen) atoms. The molecule has 274 valence electrons. The topological polar surface area (TPSA) is 213 Å². The molecule has 1 aliphatic carbocycles. The van der Waals surface area contributed by atoms with E-state index in [1.165, 1.54) is 28.0 Å². The lowest BCUT2D eigenvalue weighted by Crippen LogP contribution is -2.54. The van der Waals surface area contributed by atoms with Gasteiger partial charge in [-0.25, -0.2) is 0 Å². The van der Waals surface area contributed by atoms with Crippen molar-refractivity contribution in [2.75, 3.05) is 31.1 Å². The van der Waals surface area contributed by atoms with Gasteiger partial charge in [-0.2, -0.15) is 0 Å². The highest BCUT2D eigenvalue weighted by atomic mass is 16.4. The lowest BCUT2D eigenvalue weighted by atomic mass is 9.76. The van der Waals surface area contributed by atoms with Gasteiger partial charge in [0.05, 0.1) is 13.1 Å². The summed E-state index contributed by atoms with van der Waals surface area (Å²) in [6, 6.07) is 19.7. The highest BCUT2D eigenvalue weighted by Gasteiger charge is 2.27. The second-order valence-electron chi connectivity index (χ2n) is 12.0. The van der Waals surface area contributed by atoms with Crippen LogP contribution in [-0.2, 0) is 19.2 Å². The number of carboxylic acid groups (broad SMARTS) is 4. The molecule has 1 aliphatic rings. The number of allylic oxidation sites excluding steroid dienone is 5. The summed E-state index contributed by atoms with van der Waals surface area (Å²) in [4.78, 5) is 41.7. The van der Waals surface area contributed by atoms with Gasteiger partial charge < -0.3 is 46.4 Å². The van der Waals surface area contributed by atoms with E-state index >= 15 is 0 Å². The van der Waals surface area contributed by atoms with Crippen LogP contribution < -0.4 is 26.6 Å². The van der Waals surface area contributed by atoms with Crippen LogP contribution in [0.1, 0.15) is 89.2 Å². The highest BCUT2D eigenvalue weighted by molar-refractivity contribution is 5.86. The van der Waals surface area contributed by atoms with Crippen molar-refractivity contribution in [3.8, 4) is 0 Å². The third-order valence-electron chi connectivity index (χ3n) is 8.15. The fourth-order valence-electron chi connectivity index (χ4n) is 5.53. The summed E-state index contributed by atoms with van der Waals surface area (Å²) in [5.41, 5.74) is 14.6. The number of carbonyl (C=O) groups is 4. The zero-order valence-electron chi connectivity index (χ0n) is 29.6. The van der Waals surface area contributed by atoms with E-state index in [4.69, 9.17) is 10.2 Å². The zero-order chi connectivity index (χ0) is 37.4. The van der Waals surface area contributed by atoms with Crippen LogP contribution in [0.4, 0.5) is 5.69 Å². The molecule has 0 amide bonds. The molecular formula is C39H55N3O8. The first-order valence-corrected chi connectivity index (χ1v) is 17.4. The Morgan fingerprint density at radius 2 is 1.08 bits per heavy atom. The predicted molar refractivity (Wildman–Crippen MR) is 190 cm³/mol. The van der Waals surface area contributed by atoms with Crippen LogP contribution in [0.5, 0.6) is 0 Å². The van der Waals surface area contributed by atoms with Crippen molar-refractivity contribution in [3.05, 3.63) is 95.6 Å². The summed E-state index contributed by atoms with van der Waals surface area (Å²) < 4.78 is 0. The second-order valence-corrected chi connectivity index (χ2v) is 12.0. The molecule has 8 N–H and O–H groups in total. The van der Waals surface area contributed by atoms with E-state index in [0.29, 0.717) is 25.7 Å². The van der Waals surface area contributed by atoms with E-state index in [2.05, 4.69) is 109 Å². The largest absolute Gasteiger partial charge is 0.550 e. The molecular weight excluding hydrogens is 638 g/mol. The molecule has 0 atom stereocenters. The number of hydrogen-bond donors (Lipinski definition) is 4. The molecule has 3 rings (SSSR count). The van der Waals surface area contributed by atoms with Crippen LogP contribution >= 0.6 is 0 Å². The third-order valence-corrected chi connectivity index (χ3v) is 8.15. The minimum Gasteiger partial charge on any atom is -0.550 e. The van der Waals surface area contributed by atoms with Gasteiger partial charge in [0, 0.05) is 61.8 Å². The van der Waals surface area contributed by atoms with Gasteiger partial charge in [-0.3, -0.25) is 9.59 Å². The van der Waals surface area contributed by atoms with Gasteiger partial charge in [0.1, 0.15) is 0 Å². The molecule has 0 unspecified atom stereocenters. The van der Waals surface area contributed by atoms with Crippen LogP contribution in [0.2, 0.25) is 0 Å². The van der Waals surface area contributed by atoms with Crippen molar-refractivity contribution in [2.45, 2.75) is 78.1 Å². The van der Waals surface area contributed by atoms with Crippen LogP contribution in [0.25, 0.3) is 5.57 Å². The molecule has 0 heterocycles. The number of carboxylic acids is 4. The van der Waals surface area contributed by atoms with Gasteiger partial charge in [-0.05, 0) is 86.8 Å². The van der Waals surface area contributed by atoms with Crippen molar-refractivity contribution >= 4 is 35.1 Å². The van der Waals surface area contributed by atoms with Crippen LogP contribution in [0, 0.1) is 5.41 Å². The lowest BCUT2D eigenvalue weighted by Gasteiger charge is -2.28. The Hall–Kier alpha value is -4.74. The molecule has 0 spiro atoms. The molecule has 0 bridgehead atoms. The summed E-state index contributed by atoms with van der Waals surface area (Å²) in [6.07, 6.45) is 13.1. The minimum absolute atomic E-state index is 0.0350. The Labute approximate surface area is 296 Å². The standard InChI is InChI=1S/C27H35N3.2C6H10O4/c1-3-30(4-2)25-12-10-23(11-13-25)26(22-8-6-5-7-9-22)24-14-16-27(17-15-24,18-20-28)19-21-29;2*7-5(8)3-1-2-4-6(9)10/h5-17H,3-4,18-21,28-29H2,1-2H3;2*1-4H2,(H,7,8)(H,9,10). The lowest BCUT2D eigenvalue weighted by molar-refractivity contribution is -0.379. The maximum Gasteiger partial charge on any atom is 0.303 e. The van der Waals surface area contributed by atoms with Crippen molar-refractivity contribution < 1.29 is 51.1 Å². The SMILES string of the molecule is CCN(CC)c1ccc(C(=C2C=CC(CC[NH3+])(CC[NH3+])C=C2)c2ccccc2)cc1.O=C([O-])CCCCC(=O)O.O=C([O-])CCCCC(=O)O. The van der Waals surface area contributed by atoms with Crippen molar-refractivity contribution in [3.63, 3.8) is 0 Å². The maximum atomic E-state index is 9.88. The smallest absolute Gasteiger partial charge is 0.303 e. The first-order valence-electron chi connectivity index (χ1n) is 17.4. The Morgan fingerprint density at radius 1 is 0.660 bits per heavy atom. The Balaban J connectivity index is 0.000000512. The van der Waals surface area contributed by atoms with Gasteiger partial charge in [-0.1, -0.05) is 66.8 Å². The average molecular weight is 694 g/mol. The first kappa shape index (κ1) is 43.3. The van der Waals surface area contributed by atoms with Crippen LogP contribution in [-0.4, -0.2) is 60.3 Å². The first-order chi connectivity index (χ1) is 23.9. The van der Waals surface area contributed by atoms with Gasteiger partial charge in [-0.15, -0.1) is 0 Å². The number of aliphatic carboxylic acids is 4. The van der Waals surface area contributed by atoms with Crippen molar-refractivity contribution in [1.29, 1.82) is 0 Å². The fraction of sp³-hybridized carbons (Fsp3) is 0.436.